The van der Waals surface area contributed by atoms with E-state index in [1.807, 2.05) is 143 Å². The quantitative estimate of drug-likeness (QED) is 0.171. The molecular weight excluding hydrogens is 602 g/mol. The number of carbonyl (C=O) groups is 2. The number of aliphatic carboxylic acids is 2. The molecule has 0 aliphatic carbocycles. The molecule has 0 aliphatic heterocycles. The Morgan fingerprint density at radius 2 is 0.854 bits per heavy atom. The van der Waals surface area contributed by atoms with Gasteiger partial charge in [-0.05, 0) is 84.9 Å². The Morgan fingerprint density at radius 1 is 0.562 bits per heavy atom. The first kappa shape index (κ1) is 38.6. The standard InChI is InChI=1S/C41H57NO6/c1-38(2,3)28-18-26(19-29(36(28)47)39(4,5)6)32(22-34(43)44)42(24-25-16-14-13-15-17-25)33(23-35(45)46)27-20-30(40(7,8)9)37(48)31(21-27)41(10,11)12/h13-21,32-33,47-48H,22-24H2,1-12H3,(H,43,44)(H,45,46). The summed E-state index contributed by atoms with van der Waals surface area (Å²) in [5.74, 6) is -1.67. The summed E-state index contributed by atoms with van der Waals surface area (Å²) in [5, 5.41) is 43.9. The maximum atomic E-state index is 12.7. The third-order valence-electron chi connectivity index (χ3n) is 9.01. The number of benzene rings is 3. The summed E-state index contributed by atoms with van der Waals surface area (Å²) in [6.07, 6.45) is -0.589. The van der Waals surface area contributed by atoms with Crippen LogP contribution in [-0.2, 0) is 37.8 Å². The third kappa shape index (κ3) is 9.19. The highest BCUT2D eigenvalue weighted by Gasteiger charge is 2.37. The number of nitrogens with zero attached hydrogens (tertiary/aromatic N) is 1. The van der Waals surface area contributed by atoms with Gasteiger partial charge < -0.3 is 20.4 Å². The molecule has 3 aromatic carbocycles. The van der Waals surface area contributed by atoms with Crippen molar-refractivity contribution >= 4 is 11.9 Å². The van der Waals surface area contributed by atoms with Gasteiger partial charge in [-0.3, -0.25) is 14.5 Å². The monoisotopic (exact) mass is 659 g/mol. The van der Waals surface area contributed by atoms with E-state index in [0.717, 1.165) is 5.56 Å². The number of hydrogen-bond acceptors (Lipinski definition) is 5. The second-order valence-corrected chi connectivity index (χ2v) is 17.3. The van der Waals surface area contributed by atoms with E-state index in [1.54, 1.807) is 0 Å². The average molecular weight is 660 g/mol. The number of phenols is 2. The van der Waals surface area contributed by atoms with Gasteiger partial charge in [0.05, 0.1) is 12.8 Å². The van der Waals surface area contributed by atoms with Crippen LogP contribution in [0.2, 0.25) is 0 Å². The number of hydrogen-bond donors (Lipinski definition) is 4. The summed E-state index contributed by atoms with van der Waals surface area (Å²) in [6.45, 7) is 24.4. The highest BCUT2D eigenvalue weighted by Crippen LogP contribution is 2.47. The highest BCUT2D eigenvalue weighted by molar-refractivity contribution is 5.69. The van der Waals surface area contributed by atoms with Crippen LogP contribution in [0.15, 0.2) is 54.6 Å². The lowest BCUT2D eigenvalue weighted by atomic mass is 9.76. The SMILES string of the molecule is CC(C)(C)c1cc(C(CC(=O)O)N(Cc2ccccc2)C(CC(=O)O)c2cc(C(C)(C)C)c(O)c(C(C)(C)C)c2)cc(C(C)(C)C)c1O. The minimum Gasteiger partial charge on any atom is -0.507 e. The van der Waals surface area contributed by atoms with Gasteiger partial charge in [0.2, 0.25) is 0 Å². The molecule has 0 fully saturated rings. The van der Waals surface area contributed by atoms with Gasteiger partial charge >= 0.3 is 11.9 Å². The Labute approximate surface area is 287 Å². The van der Waals surface area contributed by atoms with E-state index in [2.05, 4.69) is 0 Å². The predicted molar refractivity (Wildman–Crippen MR) is 193 cm³/mol. The minimum absolute atomic E-state index is 0.188. The molecular formula is C41H57NO6. The van der Waals surface area contributed by atoms with Crippen molar-refractivity contribution in [3.8, 4) is 11.5 Å². The highest BCUT2D eigenvalue weighted by atomic mass is 16.4. The van der Waals surface area contributed by atoms with Crippen LogP contribution in [0.3, 0.4) is 0 Å². The molecule has 0 aliphatic rings. The molecule has 4 N–H and O–H groups in total. The molecule has 0 aromatic heterocycles. The van der Waals surface area contributed by atoms with Gasteiger partial charge in [0.1, 0.15) is 11.5 Å². The molecule has 48 heavy (non-hydrogen) atoms. The van der Waals surface area contributed by atoms with Crippen LogP contribution in [0.4, 0.5) is 0 Å². The summed E-state index contributed by atoms with van der Waals surface area (Å²) < 4.78 is 0. The van der Waals surface area contributed by atoms with Crippen LogP contribution < -0.4 is 0 Å². The summed E-state index contributed by atoms with van der Waals surface area (Å²) in [7, 11) is 0. The van der Waals surface area contributed by atoms with Crippen LogP contribution >= 0.6 is 0 Å². The molecule has 7 nitrogen and oxygen atoms in total. The zero-order valence-corrected chi connectivity index (χ0v) is 31.0. The minimum atomic E-state index is -1.02. The fraction of sp³-hybridized carbons (Fsp3) is 0.512. The average Bonchev–Trinajstić information content (AvgIpc) is 2.92. The van der Waals surface area contributed by atoms with E-state index in [9.17, 15) is 30.0 Å². The lowest BCUT2D eigenvalue weighted by molar-refractivity contribution is -0.140. The van der Waals surface area contributed by atoms with Crippen molar-refractivity contribution in [2.45, 2.75) is 136 Å². The Kier molecular flexibility index (Phi) is 11.2. The third-order valence-corrected chi connectivity index (χ3v) is 9.01. The second kappa shape index (κ2) is 13.9. The molecule has 0 radical (unpaired) electrons. The topological polar surface area (TPSA) is 118 Å². The van der Waals surface area contributed by atoms with Crippen LogP contribution in [-0.4, -0.2) is 37.3 Å². The van der Waals surface area contributed by atoms with Crippen molar-refractivity contribution in [1.82, 2.24) is 4.90 Å². The van der Waals surface area contributed by atoms with Gasteiger partial charge in [0.25, 0.3) is 0 Å². The van der Waals surface area contributed by atoms with Crippen molar-refractivity contribution in [3.63, 3.8) is 0 Å². The molecule has 0 saturated heterocycles. The van der Waals surface area contributed by atoms with E-state index in [-0.39, 0.29) is 30.9 Å². The van der Waals surface area contributed by atoms with Gasteiger partial charge in [-0.2, -0.15) is 0 Å². The lowest BCUT2D eigenvalue weighted by Gasteiger charge is -2.40. The fourth-order valence-electron chi connectivity index (χ4n) is 6.40. The van der Waals surface area contributed by atoms with E-state index < -0.39 is 45.7 Å². The molecule has 3 rings (SSSR count). The molecule has 2 atom stereocenters. The van der Waals surface area contributed by atoms with Crippen molar-refractivity contribution in [1.29, 1.82) is 0 Å². The van der Waals surface area contributed by atoms with E-state index in [0.29, 0.717) is 33.4 Å². The zero-order chi connectivity index (χ0) is 36.6. The molecule has 0 heterocycles. The molecule has 2 unspecified atom stereocenters. The number of rotatable bonds is 10. The van der Waals surface area contributed by atoms with Gasteiger partial charge in [-0.25, -0.2) is 0 Å². The first-order valence-corrected chi connectivity index (χ1v) is 16.8. The summed E-state index contributed by atoms with van der Waals surface area (Å²) in [4.78, 5) is 27.5. The fourth-order valence-corrected chi connectivity index (χ4v) is 6.40. The van der Waals surface area contributed by atoms with Gasteiger partial charge in [-0.15, -0.1) is 0 Å². The molecule has 3 aromatic rings. The molecule has 262 valence electrons. The van der Waals surface area contributed by atoms with Crippen molar-refractivity contribution in [3.05, 3.63) is 93.5 Å². The van der Waals surface area contributed by atoms with Gasteiger partial charge in [-0.1, -0.05) is 113 Å². The number of phenolic OH excluding ortho intramolecular Hbond substituents is 2. The van der Waals surface area contributed by atoms with Crippen LogP contribution in [0, 0.1) is 0 Å². The van der Waals surface area contributed by atoms with Crippen molar-refractivity contribution in [2.24, 2.45) is 0 Å². The maximum absolute atomic E-state index is 12.7. The van der Waals surface area contributed by atoms with Crippen molar-refractivity contribution < 1.29 is 30.0 Å². The Hall–Kier alpha value is -3.84. The summed E-state index contributed by atoms with van der Waals surface area (Å²) in [6, 6.07) is 15.7. The smallest absolute Gasteiger partial charge is 0.305 e. The van der Waals surface area contributed by atoms with Gasteiger partial charge in [0.15, 0.2) is 0 Å². The number of carboxylic acids is 2. The zero-order valence-electron chi connectivity index (χ0n) is 31.0. The molecule has 0 spiro atoms. The van der Waals surface area contributed by atoms with E-state index >= 15 is 0 Å². The Balaban J connectivity index is 2.51. The first-order chi connectivity index (χ1) is 21.8. The Bertz CT molecular complexity index is 1440. The van der Waals surface area contributed by atoms with E-state index in [4.69, 9.17) is 0 Å². The first-order valence-electron chi connectivity index (χ1n) is 16.8. The maximum Gasteiger partial charge on any atom is 0.305 e. The van der Waals surface area contributed by atoms with E-state index in [1.165, 1.54) is 0 Å². The van der Waals surface area contributed by atoms with Crippen LogP contribution in [0.25, 0.3) is 0 Å². The van der Waals surface area contributed by atoms with Gasteiger partial charge in [0, 0.05) is 18.6 Å². The normalized spacial score (nSPS) is 14.2. The lowest BCUT2D eigenvalue weighted by Crippen LogP contribution is -2.36. The largest absolute Gasteiger partial charge is 0.507 e. The van der Waals surface area contributed by atoms with Crippen molar-refractivity contribution in [2.75, 3.05) is 0 Å². The number of carboxylic acid groups (broad SMARTS) is 2. The predicted octanol–water partition coefficient (Wildman–Crippen LogP) is 9.52. The second-order valence-electron chi connectivity index (χ2n) is 17.3. The molecule has 0 saturated carbocycles. The Morgan fingerprint density at radius 3 is 1.10 bits per heavy atom. The van der Waals surface area contributed by atoms with Crippen LogP contribution in [0.1, 0.15) is 147 Å². The summed E-state index contributed by atoms with van der Waals surface area (Å²) in [5.41, 5.74) is 3.25. The summed E-state index contributed by atoms with van der Waals surface area (Å²) >= 11 is 0. The van der Waals surface area contributed by atoms with Crippen LogP contribution in [0.5, 0.6) is 11.5 Å². The number of aromatic hydroxyl groups is 2. The molecule has 0 amide bonds. The molecule has 7 heteroatoms. The molecule has 0 bridgehead atoms.